The predicted octanol–water partition coefficient (Wildman–Crippen LogP) is 4.79. The largest absolute Gasteiger partial charge is 0.417 e. The second kappa shape index (κ2) is 10.9. The number of alkyl halides is 6. The molecule has 2 aliphatic rings. The smallest absolute Gasteiger partial charge is 0.385 e. The molecule has 0 aliphatic carbocycles. The van der Waals surface area contributed by atoms with Crippen LogP contribution in [0.1, 0.15) is 36.0 Å². The monoisotopic (exact) mass is 564 g/mol. The SMILES string of the molecule is O=C(CCN1CCN(c2ncc(C(F)(F)F)cc2Cl)CC1)N1CCC(O)(c2cccc(C(F)(F)F)c2)CC1. The van der Waals surface area contributed by atoms with Gasteiger partial charge in [-0.05, 0) is 36.6 Å². The third kappa shape index (κ3) is 6.52. The Morgan fingerprint density at radius 3 is 2.16 bits per heavy atom. The Balaban J connectivity index is 1.24. The molecule has 1 amide bonds. The highest BCUT2D eigenvalue weighted by atomic mass is 35.5. The van der Waals surface area contributed by atoms with Crippen LogP contribution in [0, 0.1) is 0 Å². The van der Waals surface area contributed by atoms with Crippen molar-refractivity contribution in [1.82, 2.24) is 14.8 Å². The number of nitrogens with zero attached hydrogens (tertiary/aromatic N) is 4. The van der Waals surface area contributed by atoms with Crippen LogP contribution in [0.2, 0.25) is 5.02 Å². The number of rotatable bonds is 5. The van der Waals surface area contributed by atoms with E-state index < -0.39 is 29.1 Å². The van der Waals surface area contributed by atoms with Crippen LogP contribution in [0.4, 0.5) is 32.2 Å². The maximum atomic E-state index is 13.1. The number of halogens is 7. The molecule has 4 rings (SSSR count). The summed E-state index contributed by atoms with van der Waals surface area (Å²) < 4.78 is 77.7. The molecule has 0 bridgehead atoms. The van der Waals surface area contributed by atoms with Crippen LogP contribution in [-0.2, 0) is 22.7 Å². The van der Waals surface area contributed by atoms with Crippen molar-refractivity contribution in [3.63, 3.8) is 0 Å². The number of pyridine rings is 1. The van der Waals surface area contributed by atoms with Gasteiger partial charge >= 0.3 is 12.4 Å². The fourth-order valence-corrected chi connectivity index (χ4v) is 5.10. The molecule has 0 unspecified atom stereocenters. The van der Waals surface area contributed by atoms with Crippen LogP contribution in [0.3, 0.4) is 0 Å². The van der Waals surface area contributed by atoms with E-state index in [9.17, 15) is 36.2 Å². The Morgan fingerprint density at radius 2 is 1.58 bits per heavy atom. The third-order valence-electron chi connectivity index (χ3n) is 7.13. The highest BCUT2D eigenvalue weighted by Gasteiger charge is 2.38. The van der Waals surface area contributed by atoms with Gasteiger partial charge < -0.3 is 14.9 Å². The Labute approximate surface area is 220 Å². The van der Waals surface area contributed by atoms with Gasteiger partial charge in [0.1, 0.15) is 5.82 Å². The first-order valence-corrected chi connectivity index (χ1v) is 12.5. The number of likely N-dealkylation sites (tertiary alicyclic amines) is 1. The van der Waals surface area contributed by atoms with Gasteiger partial charge in [0.2, 0.25) is 5.91 Å². The highest BCUT2D eigenvalue weighted by molar-refractivity contribution is 6.33. The fraction of sp³-hybridized carbons (Fsp3) is 0.520. The molecule has 0 saturated carbocycles. The number of aliphatic hydroxyl groups is 1. The molecule has 6 nitrogen and oxygen atoms in total. The average Bonchev–Trinajstić information content (AvgIpc) is 2.87. The molecule has 2 fully saturated rings. The van der Waals surface area contributed by atoms with Crippen LogP contribution >= 0.6 is 11.6 Å². The summed E-state index contributed by atoms with van der Waals surface area (Å²) in [4.78, 5) is 22.1. The van der Waals surface area contributed by atoms with Crippen molar-refractivity contribution in [2.45, 2.75) is 37.2 Å². The van der Waals surface area contributed by atoms with E-state index >= 15 is 0 Å². The lowest BCUT2D eigenvalue weighted by Crippen LogP contribution is -2.49. The van der Waals surface area contributed by atoms with E-state index in [0.29, 0.717) is 32.7 Å². The van der Waals surface area contributed by atoms with E-state index in [2.05, 4.69) is 9.88 Å². The summed E-state index contributed by atoms with van der Waals surface area (Å²) in [6.45, 7) is 3.06. The summed E-state index contributed by atoms with van der Waals surface area (Å²) >= 11 is 6.04. The predicted molar refractivity (Wildman–Crippen MR) is 129 cm³/mol. The zero-order valence-electron chi connectivity index (χ0n) is 20.3. The van der Waals surface area contributed by atoms with Crippen LogP contribution in [0.15, 0.2) is 36.5 Å². The number of carbonyl (C=O) groups excluding carboxylic acids is 1. The second-order valence-electron chi connectivity index (χ2n) is 9.60. The normalized spacial score (nSPS) is 19.1. The van der Waals surface area contributed by atoms with Gasteiger partial charge in [-0.1, -0.05) is 23.7 Å². The number of piperazine rings is 1. The summed E-state index contributed by atoms with van der Waals surface area (Å²) in [6, 6.07) is 5.53. The van der Waals surface area contributed by atoms with Crippen molar-refractivity contribution in [2.75, 3.05) is 50.7 Å². The number of aromatic nitrogens is 1. The third-order valence-corrected chi connectivity index (χ3v) is 7.41. The van der Waals surface area contributed by atoms with E-state index in [0.717, 1.165) is 24.4 Å². The molecule has 2 saturated heterocycles. The minimum Gasteiger partial charge on any atom is -0.385 e. The van der Waals surface area contributed by atoms with Crippen molar-refractivity contribution < 1.29 is 36.2 Å². The van der Waals surface area contributed by atoms with Crippen molar-refractivity contribution in [2.24, 2.45) is 0 Å². The standard InChI is InChI=1S/C25H27ClF6N4O2/c26-20-15-19(25(30,31)32)16-33-22(20)36-12-10-34(11-13-36)7-4-21(37)35-8-5-23(38,6-9-35)17-2-1-3-18(14-17)24(27,28)29/h1-3,14-16,38H,4-13H2. The Morgan fingerprint density at radius 1 is 0.947 bits per heavy atom. The van der Waals surface area contributed by atoms with Gasteiger partial charge in [0, 0.05) is 58.4 Å². The number of piperidine rings is 1. The Hall–Kier alpha value is -2.57. The number of benzene rings is 1. The van der Waals surface area contributed by atoms with Gasteiger partial charge in [-0.3, -0.25) is 9.69 Å². The molecule has 38 heavy (non-hydrogen) atoms. The average molecular weight is 565 g/mol. The summed E-state index contributed by atoms with van der Waals surface area (Å²) in [5, 5.41) is 10.9. The first-order valence-electron chi connectivity index (χ1n) is 12.1. The minimum atomic E-state index is -4.52. The summed E-state index contributed by atoms with van der Waals surface area (Å²) in [5.41, 5.74) is -2.96. The number of anilines is 1. The molecule has 3 heterocycles. The number of carbonyl (C=O) groups is 1. The van der Waals surface area contributed by atoms with Crippen LogP contribution < -0.4 is 4.90 Å². The van der Waals surface area contributed by atoms with E-state index in [4.69, 9.17) is 11.6 Å². The second-order valence-corrected chi connectivity index (χ2v) is 10.0. The van der Waals surface area contributed by atoms with Gasteiger partial charge in [-0.2, -0.15) is 26.3 Å². The topological polar surface area (TPSA) is 59.9 Å². The molecular formula is C25H27ClF6N4O2. The van der Waals surface area contributed by atoms with Gasteiger partial charge in [0.15, 0.2) is 0 Å². The van der Waals surface area contributed by atoms with Crippen molar-refractivity contribution >= 4 is 23.3 Å². The van der Waals surface area contributed by atoms with Gasteiger partial charge in [-0.15, -0.1) is 0 Å². The zero-order valence-corrected chi connectivity index (χ0v) is 21.1. The van der Waals surface area contributed by atoms with E-state index in [1.54, 1.807) is 9.80 Å². The Kier molecular flexibility index (Phi) is 8.15. The lowest BCUT2D eigenvalue weighted by molar-refractivity contribution is -0.138. The molecule has 0 radical (unpaired) electrons. The molecule has 208 valence electrons. The fourth-order valence-electron chi connectivity index (χ4n) is 4.81. The van der Waals surface area contributed by atoms with E-state index in [-0.39, 0.29) is 54.7 Å². The lowest BCUT2D eigenvalue weighted by atomic mass is 9.83. The summed E-state index contributed by atoms with van der Waals surface area (Å²) in [5.74, 6) is 0.183. The molecule has 2 aliphatic heterocycles. The number of amides is 1. The number of hydrogen-bond acceptors (Lipinski definition) is 5. The van der Waals surface area contributed by atoms with Gasteiger partial charge in [0.25, 0.3) is 0 Å². The molecule has 2 aromatic rings. The highest BCUT2D eigenvalue weighted by Crippen LogP contribution is 2.37. The van der Waals surface area contributed by atoms with Gasteiger partial charge in [0.05, 0.1) is 21.8 Å². The number of hydrogen-bond donors (Lipinski definition) is 1. The minimum absolute atomic E-state index is 0.0707. The lowest BCUT2D eigenvalue weighted by Gasteiger charge is -2.39. The maximum Gasteiger partial charge on any atom is 0.417 e. The summed E-state index contributed by atoms with van der Waals surface area (Å²) in [7, 11) is 0. The molecule has 0 atom stereocenters. The zero-order chi connectivity index (χ0) is 27.7. The molecule has 1 N–H and O–H groups in total. The first kappa shape index (κ1) is 28.4. The molecule has 1 aromatic heterocycles. The van der Waals surface area contributed by atoms with Gasteiger partial charge in [-0.25, -0.2) is 4.98 Å². The maximum absolute atomic E-state index is 13.1. The van der Waals surface area contributed by atoms with Crippen LogP contribution in [-0.4, -0.2) is 71.6 Å². The Bertz CT molecular complexity index is 1140. The first-order chi connectivity index (χ1) is 17.8. The van der Waals surface area contributed by atoms with Crippen LogP contribution in [0.25, 0.3) is 0 Å². The molecule has 0 spiro atoms. The molecule has 1 aromatic carbocycles. The van der Waals surface area contributed by atoms with Crippen molar-refractivity contribution in [1.29, 1.82) is 0 Å². The molecular weight excluding hydrogens is 538 g/mol. The summed E-state index contributed by atoms with van der Waals surface area (Å²) in [6.07, 6.45) is -7.75. The quantitative estimate of drug-likeness (QED) is 0.529. The van der Waals surface area contributed by atoms with Crippen molar-refractivity contribution in [3.8, 4) is 0 Å². The van der Waals surface area contributed by atoms with Crippen molar-refractivity contribution in [3.05, 3.63) is 58.2 Å². The molecule has 13 heteroatoms. The van der Waals surface area contributed by atoms with E-state index in [1.807, 2.05) is 0 Å². The van der Waals surface area contributed by atoms with E-state index in [1.165, 1.54) is 12.1 Å². The van der Waals surface area contributed by atoms with Crippen LogP contribution in [0.5, 0.6) is 0 Å².